The Balaban J connectivity index is 1.49. The zero-order valence-electron chi connectivity index (χ0n) is 15.1. The molecule has 1 amide bonds. The zero-order valence-corrected chi connectivity index (χ0v) is 15.1. The molecule has 4 heteroatoms. The predicted molar refractivity (Wildman–Crippen MR) is 99.4 cm³/mol. The van der Waals surface area contributed by atoms with Crippen LogP contribution >= 0.6 is 0 Å². The highest BCUT2D eigenvalue weighted by atomic mass is 16.2. The number of nitrogens with two attached hydrogens (primary N) is 1. The molecular formula is C21H30N2O2. The molecule has 1 saturated carbocycles. The molecule has 1 heterocycles. The van der Waals surface area contributed by atoms with E-state index in [0.717, 1.165) is 75.7 Å². The first-order chi connectivity index (χ1) is 12.2. The van der Waals surface area contributed by atoms with Crippen molar-refractivity contribution in [2.75, 3.05) is 19.6 Å². The van der Waals surface area contributed by atoms with Gasteiger partial charge in [0.25, 0.3) is 0 Å². The Morgan fingerprint density at radius 2 is 1.64 bits per heavy atom. The Morgan fingerprint density at radius 3 is 2.24 bits per heavy atom. The van der Waals surface area contributed by atoms with Crippen LogP contribution in [0, 0.1) is 11.8 Å². The summed E-state index contributed by atoms with van der Waals surface area (Å²) in [6.07, 6.45) is 7.67. The number of hydrogen-bond donors (Lipinski definition) is 1. The number of carbonyl (C=O) groups excluding carboxylic acids is 2. The molecule has 0 atom stereocenters. The molecule has 1 aromatic rings. The van der Waals surface area contributed by atoms with Crippen molar-refractivity contribution in [1.29, 1.82) is 0 Å². The van der Waals surface area contributed by atoms with Crippen LogP contribution in [-0.2, 0) is 11.2 Å². The van der Waals surface area contributed by atoms with Gasteiger partial charge in [-0.3, -0.25) is 9.59 Å². The summed E-state index contributed by atoms with van der Waals surface area (Å²) in [6, 6.07) is 7.89. The van der Waals surface area contributed by atoms with Crippen molar-refractivity contribution in [2.45, 2.75) is 51.4 Å². The van der Waals surface area contributed by atoms with Gasteiger partial charge in [0.2, 0.25) is 5.91 Å². The number of aryl methyl sites for hydroxylation is 1. The molecule has 0 unspecified atom stereocenters. The zero-order chi connectivity index (χ0) is 17.6. The molecule has 2 N–H and O–H groups in total. The number of Topliss-reactive ketones (excluding diaryl/α,β-unsaturated/α-hetero) is 1. The first-order valence-electron chi connectivity index (χ1n) is 9.78. The lowest BCUT2D eigenvalue weighted by atomic mass is 9.78. The van der Waals surface area contributed by atoms with Gasteiger partial charge < -0.3 is 10.6 Å². The highest BCUT2D eigenvalue weighted by Gasteiger charge is 2.26. The standard InChI is InChI=1S/C21H30N2O2/c22-15-17-5-10-19(11-6-17)21(25)18-8-3-16(4-9-18)7-12-20(24)23-13-1-2-14-23/h3-4,8-9,17,19H,1-2,5-7,10-15,22H2. The minimum absolute atomic E-state index is 0.158. The summed E-state index contributed by atoms with van der Waals surface area (Å²) >= 11 is 0. The van der Waals surface area contributed by atoms with Gasteiger partial charge in [0.05, 0.1) is 0 Å². The maximum Gasteiger partial charge on any atom is 0.222 e. The number of likely N-dealkylation sites (tertiary alicyclic amines) is 1. The summed E-state index contributed by atoms with van der Waals surface area (Å²) in [5.41, 5.74) is 7.68. The third-order valence-corrected chi connectivity index (χ3v) is 5.88. The van der Waals surface area contributed by atoms with E-state index in [0.29, 0.717) is 12.3 Å². The summed E-state index contributed by atoms with van der Waals surface area (Å²) < 4.78 is 0. The lowest BCUT2D eigenvalue weighted by Crippen LogP contribution is -2.27. The van der Waals surface area contributed by atoms with Crippen LogP contribution in [0.1, 0.15) is 60.9 Å². The number of ketones is 1. The van der Waals surface area contributed by atoms with Crippen molar-refractivity contribution >= 4 is 11.7 Å². The first kappa shape index (κ1) is 18.1. The minimum atomic E-state index is 0.158. The Labute approximate surface area is 150 Å². The van der Waals surface area contributed by atoms with Gasteiger partial charge in [-0.25, -0.2) is 0 Å². The van der Waals surface area contributed by atoms with Gasteiger partial charge in [0, 0.05) is 31.0 Å². The summed E-state index contributed by atoms with van der Waals surface area (Å²) in [7, 11) is 0. The molecule has 0 aromatic heterocycles. The fourth-order valence-electron chi connectivity index (χ4n) is 4.11. The van der Waals surface area contributed by atoms with E-state index in [4.69, 9.17) is 5.73 Å². The third kappa shape index (κ3) is 4.69. The molecule has 25 heavy (non-hydrogen) atoms. The van der Waals surface area contributed by atoms with Crippen molar-refractivity contribution in [3.63, 3.8) is 0 Å². The molecule has 1 saturated heterocycles. The molecule has 1 aromatic carbocycles. The van der Waals surface area contributed by atoms with E-state index in [1.165, 1.54) is 0 Å². The maximum absolute atomic E-state index is 12.7. The van der Waals surface area contributed by atoms with Crippen LogP contribution in [0.4, 0.5) is 0 Å². The first-order valence-corrected chi connectivity index (χ1v) is 9.78. The fourth-order valence-corrected chi connectivity index (χ4v) is 4.11. The Morgan fingerprint density at radius 1 is 1.00 bits per heavy atom. The average Bonchev–Trinajstić information content (AvgIpc) is 3.21. The SMILES string of the molecule is NCC1CCC(C(=O)c2ccc(CCC(=O)N3CCCC3)cc2)CC1. The van der Waals surface area contributed by atoms with E-state index in [2.05, 4.69) is 0 Å². The molecule has 136 valence electrons. The molecule has 1 aliphatic carbocycles. The van der Waals surface area contributed by atoms with Crippen molar-refractivity contribution in [1.82, 2.24) is 4.90 Å². The van der Waals surface area contributed by atoms with Crippen molar-refractivity contribution in [3.05, 3.63) is 35.4 Å². The van der Waals surface area contributed by atoms with Gasteiger partial charge in [0.1, 0.15) is 0 Å². The maximum atomic E-state index is 12.7. The minimum Gasteiger partial charge on any atom is -0.343 e. The van der Waals surface area contributed by atoms with Crippen LogP contribution in [0.2, 0.25) is 0 Å². The van der Waals surface area contributed by atoms with E-state index >= 15 is 0 Å². The van der Waals surface area contributed by atoms with Crippen molar-refractivity contribution < 1.29 is 9.59 Å². The van der Waals surface area contributed by atoms with Gasteiger partial charge in [0.15, 0.2) is 5.78 Å². The molecule has 3 rings (SSSR count). The third-order valence-electron chi connectivity index (χ3n) is 5.88. The van der Waals surface area contributed by atoms with E-state index in [9.17, 15) is 9.59 Å². The van der Waals surface area contributed by atoms with E-state index in [1.54, 1.807) is 0 Å². The molecular weight excluding hydrogens is 312 g/mol. The van der Waals surface area contributed by atoms with Crippen LogP contribution < -0.4 is 5.73 Å². The van der Waals surface area contributed by atoms with Gasteiger partial charge in [-0.2, -0.15) is 0 Å². The van der Waals surface area contributed by atoms with Gasteiger partial charge in [-0.15, -0.1) is 0 Å². The Kier molecular flexibility index (Phi) is 6.24. The van der Waals surface area contributed by atoms with Crippen LogP contribution in [0.25, 0.3) is 0 Å². The topological polar surface area (TPSA) is 63.4 Å². The molecule has 0 spiro atoms. The smallest absolute Gasteiger partial charge is 0.222 e. The molecule has 0 radical (unpaired) electrons. The number of hydrogen-bond acceptors (Lipinski definition) is 3. The normalized spacial score (nSPS) is 23.6. The predicted octanol–water partition coefficient (Wildman–Crippen LogP) is 3.19. The number of benzene rings is 1. The molecule has 2 fully saturated rings. The van der Waals surface area contributed by atoms with Gasteiger partial charge >= 0.3 is 0 Å². The van der Waals surface area contributed by atoms with Crippen molar-refractivity contribution in [3.8, 4) is 0 Å². The van der Waals surface area contributed by atoms with Gasteiger partial charge in [-0.1, -0.05) is 24.3 Å². The summed E-state index contributed by atoms with van der Waals surface area (Å²) in [6.45, 7) is 2.57. The monoisotopic (exact) mass is 342 g/mol. The molecule has 0 bridgehead atoms. The lowest BCUT2D eigenvalue weighted by molar-refractivity contribution is -0.130. The van der Waals surface area contributed by atoms with Crippen molar-refractivity contribution in [2.24, 2.45) is 17.6 Å². The Hall–Kier alpha value is -1.68. The van der Waals surface area contributed by atoms with Crippen LogP contribution in [0.3, 0.4) is 0 Å². The highest BCUT2D eigenvalue weighted by molar-refractivity contribution is 5.97. The Bertz CT molecular complexity index is 582. The molecule has 1 aliphatic heterocycles. The van der Waals surface area contributed by atoms with E-state index in [1.807, 2.05) is 29.2 Å². The summed E-state index contributed by atoms with van der Waals surface area (Å²) in [5, 5.41) is 0. The lowest BCUT2D eigenvalue weighted by Gasteiger charge is -2.26. The van der Waals surface area contributed by atoms with Crippen LogP contribution in [0.5, 0.6) is 0 Å². The summed E-state index contributed by atoms with van der Waals surface area (Å²) in [5.74, 6) is 1.29. The van der Waals surface area contributed by atoms with Crippen LogP contribution in [-0.4, -0.2) is 36.2 Å². The number of nitrogens with zero attached hydrogens (tertiary/aromatic N) is 1. The van der Waals surface area contributed by atoms with E-state index < -0.39 is 0 Å². The number of amides is 1. The van der Waals surface area contributed by atoms with E-state index in [-0.39, 0.29) is 17.6 Å². The summed E-state index contributed by atoms with van der Waals surface area (Å²) in [4.78, 5) is 26.7. The molecule has 4 nitrogen and oxygen atoms in total. The number of carbonyl (C=O) groups is 2. The second-order valence-corrected chi connectivity index (χ2v) is 7.60. The number of rotatable bonds is 6. The molecule has 2 aliphatic rings. The largest absolute Gasteiger partial charge is 0.343 e. The quantitative estimate of drug-likeness (QED) is 0.808. The second-order valence-electron chi connectivity index (χ2n) is 7.60. The average molecular weight is 342 g/mol. The van der Waals surface area contributed by atoms with Gasteiger partial charge in [-0.05, 0) is 63.0 Å². The second kappa shape index (κ2) is 8.61. The fraction of sp³-hybridized carbons (Fsp3) is 0.619. The van der Waals surface area contributed by atoms with Crippen LogP contribution in [0.15, 0.2) is 24.3 Å². The highest BCUT2D eigenvalue weighted by Crippen LogP contribution is 2.30.